The van der Waals surface area contributed by atoms with E-state index in [4.69, 9.17) is 9.47 Å². The molecule has 1 aliphatic rings. The van der Waals surface area contributed by atoms with E-state index in [0.29, 0.717) is 12.8 Å². The Balaban J connectivity index is 2.00. The lowest BCUT2D eigenvalue weighted by Gasteiger charge is -2.26. The number of hydrogen-bond acceptors (Lipinski definition) is 4. The summed E-state index contributed by atoms with van der Waals surface area (Å²) >= 11 is 0. The molecule has 332 valence electrons. The highest BCUT2D eigenvalue weighted by Crippen LogP contribution is 2.32. The van der Waals surface area contributed by atoms with E-state index in [9.17, 15) is 9.59 Å². The van der Waals surface area contributed by atoms with E-state index in [2.05, 4.69) is 19.9 Å². The molecular weight excluding hydrogens is 701 g/mol. The van der Waals surface area contributed by atoms with Crippen molar-refractivity contribution in [3.8, 4) is 0 Å². The number of unbranched alkanes of at least 4 members (excludes halogenated alkanes) is 36. The minimum absolute atomic E-state index is 0.318. The Morgan fingerprint density at radius 3 is 1.00 bits per heavy atom. The Morgan fingerprint density at radius 2 is 0.702 bits per heavy atom. The second kappa shape index (κ2) is 42.3. The number of esters is 2. The van der Waals surface area contributed by atoms with Crippen molar-refractivity contribution in [2.45, 2.75) is 278 Å². The Kier molecular flexibility index (Phi) is 39.5. The molecule has 0 aromatic rings. The molecular formula is C53H96O4. The number of carbonyl (C=O) groups excluding carboxylic acids is 2. The van der Waals surface area contributed by atoms with Gasteiger partial charge in [0.25, 0.3) is 0 Å². The fourth-order valence-electron chi connectivity index (χ4n) is 8.44. The first kappa shape index (κ1) is 53.2. The van der Waals surface area contributed by atoms with Crippen LogP contribution in [0, 0.1) is 11.8 Å². The van der Waals surface area contributed by atoms with Gasteiger partial charge in [-0.25, -0.2) is 0 Å². The molecule has 2 atom stereocenters. The van der Waals surface area contributed by atoms with Crippen LogP contribution in [0.5, 0.6) is 0 Å². The van der Waals surface area contributed by atoms with Crippen LogP contribution in [0.15, 0.2) is 36.3 Å². The summed E-state index contributed by atoms with van der Waals surface area (Å²) in [6, 6.07) is 0. The molecule has 0 heterocycles. The van der Waals surface area contributed by atoms with Gasteiger partial charge in [0.05, 0.1) is 24.4 Å². The largest absolute Gasteiger partial charge is 0.435 e. The van der Waals surface area contributed by atoms with Gasteiger partial charge < -0.3 is 9.47 Å². The minimum Gasteiger partial charge on any atom is -0.435 e. The quantitative estimate of drug-likeness (QED) is 0.0267. The highest BCUT2D eigenvalue weighted by atomic mass is 16.5. The number of hydrogen-bond donors (Lipinski definition) is 0. The van der Waals surface area contributed by atoms with Crippen LogP contribution >= 0.6 is 0 Å². The lowest BCUT2D eigenvalue weighted by Crippen LogP contribution is -2.33. The zero-order valence-electron chi connectivity index (χ0n) is 38.5. The van der Waals surface area contributed by atoms with Crippen LogP contribution < -0.4 is 0 Å². The number of rotatable bonds is 42. The van der Waals surface area contributed by atoms with E-state index in [-0.39, 0.29) is 11.9 Å². The van der Waals surface area contributed by atoms with Crippen molar-refractivity contribution in [2.75, 3.05) is 0 Å². The van der Waals surface area contributed by atoms with E-state index >= 15 is 0 Å². The molecule has 4 nitrogen and oxygen atoms in total. The van der Waals surface area contributed by atoms with Crippen LogP contribution in [0.25, 0.3) is 0 Å². The van der Waals surface area contributed by atoms with Crippen molar-refractivity contribution in [3.05, 3.63) is 36.3 Å². The first-order valence-corrected chi connectivity index (χ1v) is 25.5. The summed E-state index contributed by atoms with van der Waals surface area (Å²) in [7, 11) is 0. The van der Waals surface area contributed by atoms with Gasteiger partial charge in [-0.05, 0) is 57.6 Å². The molecule has 0 aliphatic heterocycles. The standard InChI is InChI=1S/C53H96O4/c1-4-6-8-10-12-14-16-18-20-22-24-26-28-30-32-34-36-38-40-42-46-56-52(54)50-45-44-49(3)48-51(50)53(55)57-47-43-41-39-37-35-33-31-29-27-25-23-21-19-17-15-13-11-9-7-5-2/h42-44,46-47,50-51H,4-41,45,48H2,1-3H3. The van der Waals surface area contributed by atoms with Crippen LogP contribution in [-0.4, -0.2) is 11.9 Å². The Hall–Kier alpha value is -1.84. The van der Waals surface area contributed by atoms with Gasteiger partial charge in [0.2, 0.25) is 0 Å². The van der Waals surface area contributed by atoms with Gasteiger partial charge in [-0.3, -0.25) is 9.59 Å². The van der Waals surface area contributed by atoms with Crippen LogP contribution in [0.2, 0.25) is 0 Å². The zero-order valence-corrected chi connectivity index (χ0v) is 38.5. The van der Waals surface area contributed by atoms with Crippen LogP contribution in [0.1, 0.15) is 278 Å². The summed E-state index contributed by atoms with van der Waals surface area (Å²) in [6.45, 7) is 6.60. The minimum atomic E-state index is -0.487. The van der Waals surface area contributed by atoms with E-state index in [0.717, 1.165) is 31.3 Å². The first-order valence-electron chi connectivity index (χ1n) is 25.5. The SMILES string of the molecule is CCCCCCCCCCCCCCCCCCCCC=COC(=O)C1CC=C(C)CC1C(=O)OC=CCCCCCCCCCCCCCCCCCCCC. The van der Waals surface area contributed by atoms with E-state index < -0.39 is 11.8 Å². The normalized spacial score (nSPS) is 15.8. The highest BCUT2D eigenvalue weighted by Gasteiger charge is 2.37. The maximum absolute atomic E-state index is 13.0. The molecule has 0 fully saturated rings. The van der Waals surface area contributed by atoms with Gasteiger partial charge in [0, 0.05) is 0 Å². The molecule has 4 heteroatoms. The predicted molar refractivity (Wildman–Crippen MR) is 247 cm³/mol. The predicted octanol–water partition coefficient (Wildman–Crippen LogP) is 17.9. The van der Waals surface area contributed by atoms with Crippen LogP contribution in [0.3, 0.4) is 0 Å². The summed E-state index contributed by atoms with van der Waals surface area (Å²) < 4.78 is 11.0. The maximum atomic E-state index is 13.0. The topological polar surface area (TPSA) is 52.6 Å². The monoisotopic (exact) mass is 797 g/mol. The van der Waals surface area contributed by atoms with Gasteiger partial charge >= 0.3 is 11.9 Å². The van der Waals surface area contributed by atoms with Crippen molar-refractivity contribution in [1.82, 2.24) is 0 Å². The summed E-state index contributed by atoms with van der Waals surface area (Å²) in [5.41, 5.74) is 1.13. The molecule has 0 amide bonds. The molecule has 57 heavy (non-hydrogen) atoms. The van der Waals surface area contributed by atoms with Crippen molar-refractivity contribution in [3.63, 3.8) is 0 Å². The molecule has 0 spiro atoms. The lowest BCUT2D eigenvalue weighted by molar-refractivity contribution is -0.154. The fraction of sp³-hybridized carbons (Fsp3) is 0.849. The van der Waals surface area contributed by atoms with Gasteiger partial charge in [0.1, 0.15) is 0 Å². The second-order valence-corrected chi connectivity index (χ2v) is 17.9. The summed E-state index contributed by atoms with van der Waals surface area (Å²) in [5.74, 6) is -1.61. The van der Waals surface area contributed by atoms with E-state index in [1.165, 1.54) is 218 Å². The van der Waals surface area contributed by atoms with Gasteiger partial charge in [-0.1, -0.05) is 244 Å². The Morgan fingerprint density at radius 1 is 0.439 bits per heavy atom. The van der Waals surface area contributed by atoms with E-state index in [1.54, 1.807) is 12.5 Å². The molecule has 0 saturated carbocycles. The molecule has 1 rings (SSSR count). The molecule has 0 aromatic heterocycles. The lowest BCUT2D eigenvalue weighted by atomic mass is 9.80. The third-order valence-corrected chi connectivity index (χ3v) is 12.4. The number of allylic oxidation sites excluding steroid dienone is 4. The average Bonchev–Trinajstić information content (AvgIpc) is 3.21. The summed E-state index contributed by atoms with van der Waals surface area (Å²) in [6.07, 6.45) is 61.6. The third kappa shape index (κ3) is 34.7. The maximum Gasteiger partial charge on any atom is 0.314 e. The molecule has 1 aliphatic carbocycles. The Bertz CT molecular complexity index is 979. The number of carbonyl (C=O) groups is 2. The van der Waals surface area contributed by atoms with Gasteiger partial charge in [-0.2, -0.15) is 0 Å². The smallest absolute Gasteiger partial charge is 0.314 e. The highest BCUT2D eigenvalue weighted by molar-refractivity contribution is 5.83. The number of ether oxygens (including phenoxy) is 2. The van der Waals surface area contributed by atoms with Crippen molar-refractivity contribution in [2.24, 2.45) is 11.8 Å². The average molecular weight is 797 g/mol. The van der Waals surface area contributed by atoms with Crippen molar-refractivity contribution in [1.29, 1.82) is 0 Å². The van der Waals surface area contributed by atoms with Crippen molar-refractivity contribution < 1.29 is 19.1 Å². The van der Waals surface area contributed by atoms with Gasteiger partial charge in [-0.15, -0.1) is 0 Å². The van der Waals surface area contributed by atoms with Crippen LogP contribution in [0.4, 0.5) is 0 Å². The van der Waals surface area contributed by atoms with Crippen LogP contribution in [-0.2, 0) is 19.1 Å². The molecule has 0 N–H and O–H groups in total. The fourth-order valence-corrected chi connectivity index (χ4v) is 8.44. The summed E-state index contributed by atoms with van der Waals surface area (Å²) in [5, 5.41) is 0. The molecule has 0 aromatic carbocycles. The van der Waals surface area contributed by atoms with Crippen molar-refractivity contribution >= 4 is 11.9 Å². The Labute approximate surface area is 355 Å². The second-order valence-electron chi connectivity index (χ2n) is 17.9. The molecule has 0 radical (unpaired) electrons. The summed E-state index contributed by atoms with van der Waals surface area (Å²) in [4.78, 5) is 26.0. The zero-order chi connectivity index (χ0) is 41.1. The molecule has 0 bridgehead atoms. The molecule has 2 unspecified atom stereocenters. The third-order valence-electron chi connectivity index (χ3n) is 12.4. The molecule has 0 saturated heterocycles. The van der Waals surface area contributed by atoms with Gasteiger partial charge in [0.15, 0.2) is 0 Å². The first-order chi connectivity index (χ1) is 28.1. The van der Waals surface area contributed by atoms with E-state index in [1.807, 2.05) is 19.1 Å².